The van der Waals surface area contributed by atoms with Gasteiger partial charge in [0.1, 0.15) is 15.9 Å². The highest BCUT2D eigenvalue weighted by Crippen LogP contribution is 2.31. The Kier molecular flexibility index (Phi) is 2.93. The number of fused-ring (bicyclic) bond motifs is 3. The second kappa shape index (κ2) is 4.52. The molecule has 104 valence electrons. The van der Waals surface area contributed by atoms with Crippen LogP contribution < -0.4 is 4.74 Å². The summed E-state index contributed by atoms with van der Waals surface area (Å²) < 4.78 is 9.67. The number of benzene rings is 1. The summed E-state index contributed by atoms with van der Waals surface area (Å²) in [6.07, 6.45) is -0.0636. The number of aryl methyl sites for hydroxylation is 1. The van der Waals surface area contributed by atoms with Gasteiger partial charge < -0.3 is 14.4 Å². The van der Waals surface area contributed by atoms with E-state index in [4.69, 9.17) is 9.84 Å². The number of aliphatic carboxylic acids is 1. The molecule has 3 rings (SSSR count). The van der Waals surface area contributed by atoms with Crippen molar-refractivity contribution in [2.45, 2.75) is 6.42 Å². The van der Waals surface area contributed by atoms with Crippen molar-refractivity contribution >= 4 is 38.7 Å². The minimum Gasteiger partial charge on any atom is -0.494 e. The number of hydrogen-bond acceptors (Lipinski definition) is 3. The van der Waals surface area contributed by atoms with E-state index in [-0.39, 0.29) is 6.42 Å². The molecule has 7 heteroatoms. The van der Waals surface area contributed by atoms with Crippen LogP contribution in [0.1, 0.15) is 5.69 Å². The minimum atomic E-state index is -0.878. The second-order valence-electron chi connectivity index (χ2n) is 4.44. The lowest BCUT2D eigenvalue weighted by atomic mass is 10.3. The van der Waals surface area contributed by atoms with Crippen molar-refractivity contribution in [1.29, 1.82) is 0 Å². The lowest BCUT2D eigenvalue weighted by molar-refractivity contribution is -0.136. The summed E-state index contributed by atoms with van der Waals surface area (Å²) in [6.45, 7) is 0. The first-order chi connectivity index (χ1) is 9.54. The molecule has 0 aliphatic carbocycles. The van der Waals surface area contributed by atoms with Gasteiger partial charge in [-0.15, -0.1) is 0 Å². The van der Waals surface area contributed by atoms with Crippen LogP contribution >= 0.6 is 15.9 Å². The van der Waals surface area contributed by atoms with Crippen LogP contribution in [0, 0.1) is 0 Å². The molecule has 0 bridgehead atoms. The molecule has 1 aromatic carbocycles. The van der Waals surface area contributed by atoms with Gasteiger partial charge >= 0.3 is 5.97 Å². The van der Waals surface area contributed by atoms with Gasteiger partial charge in [0.2, 0.25) is 5.78 Å². The minimum absolute atomic E-state index is 0.0636. The first-order valence-electron chi connectivity index (χ1n) is 5.94. The Hall–Kier alpha value is -2.02. The van der Waals surface area contributed by atoms with Crippen LogP contribution in [0.2, 0.25) is 0 Å². The topological polar surface area (TPSA) is 68.8 Å². The summed E-state index contributed by atoms with van der Waals surface area (Å²) in [5.41, 5.74) is 2.30. The summed E-state index contributed by atoms with van der Waals surface area (Å²) in [5.74, 6) is 0.488. The fraction of sp³-hybridized carbons (Fsp3) is 0.231. The number of carboxylic acids is 1. The van der Waals surface area contributed by atoms with Gasteiger partial charge in [0.25, 0.3) is 0 Å². The number of aromatic nitrogens is 3. The quantitative estimate of drug-likeness (QED) is 0.795. The average molecular weight is 338 g/mol. The average Bonchev–Trinajstić information content (AvgIpc) is 2.90. The summed E-state index contributed by atoms with van der Waals surface area (Å²) >= 11 is 3.48. The number of halogens is 1. The molecule has 0 unspecified atom stereocenters. The number of carbonyl (C=O) groups is 1. The SMILES string of the molecule is COc1cccc2c1nc1n(C)c(CC(=O)O)c(Br)n21. The number of hydrogen-bond donors (Lipinski definition) is 1. The monoisotopic (exact) mass is 337 g/mol. The van der Waals surface area contributed by atoms with Crippen LogP contribution in [-0.4, -0.2) is 32.1 Å². The Labute approximate surface area is 122 Å². The van der Waals surface area contributed by atoms with Gasteiger partial charge in [-0.05, 0) is 28.1 Å². The van der Waals surface area contributed by atoms with Gasteiger partial charge in [0.15, 0.2) is 0 Å². The third-order valence-electron chi connectivity index (χ3n) is 3.31. The molecular weight excluding hydrogens is 326 g/mol. The zero-order chi connectivity index (χ0) is 14.4. The van der Waals surface area contributed by atoms with Crippen molar-refractivity contribution < 1.29 is 14.6 Å². The van der Waals surface area contributed by atoms with Crippen LogP contribution in [-0.2, 0) is 18.3 Å². The molecule has 0 aliphatic rings. The maximum absolute atomic E-state index is 11.0. The van der Waals surface area contributed by atoms with Crippen molar-refractivity contribution in [3.63, 3.8) is 0 Å². The smallest absolute Gasteiger partial charge is 0.309 e. The van der Waals surface area contributed by atoms with Gasteiger partial charge in [0.05, 0.1) is 24.7 Å². The molecule has 0 aliphatic heterocycles. The zero-order valence-electron chi connectivity index (χ0n) is 10.9. The highest BCUT2D eigenvalue weighted by atomic mass is 79.9. The Morgan fingerprint density at radius 2 is 2.25 bits per heavy atom. The molecular formula is C13H12BrN3O3. The third kappa shape index (κ3) is 1.70. The van der Waals surface area contributed by atoms with Crippen molar-refractivity contribution in [2.24, 2.45) is 7.05 Å². The molecule has 0 saturated carbocycles. The maximum atomic E-state index is 11.0. The summed E-state index contributed by atoms with van der Waals surface area (Å²) in [5, 5.41) is 8.99. The van der Waals surface area contributed by atoms with E-state index in [2.05, 4.69) is 20.9 Å². The Morgan fingerprint density at radius 1 is 1.50 bits per heavy atom. The van der Waals surface area contributed by atoms with E-state index >= 15 is 0 Å². The standard InChI is InChI=1S/C13H12BrN3O3/c1-16-8(6-10(18)19)12(14)17-7-4-3-5-9(20-2)11(7)15-13(16)17/h3-5H,6H2,1-2H3,(H,18,19). The van der Waals surface area contributed by atoms with Crippen molar-refractivity contribution in [1.82, 2.24) is 14.0 Å². The normalized spacial score (nSPS) is 11.3. The van der Waals surface area contributed by atoms with Crippen molar-refractivity contribution in [3.8, 4) is 5.75 Å². The molecule has 2 aromatic heterocycles. The van der Waals surface area contributed by atoms with Gasteiger partial charge in [0, 0.05) is 7.05 Å². The van der Waals surface area contributed by atoms with Crippen LogP contribution in [0.15, 0.2) is 22.8 Å². The molecule has 0 saturated heterocycles. The molecule has 20 heavy (non-hydrogen) atoms. The van der Waals surface area contributed by atoms with E-state index in [0.717, 1.165) is 11.0 Å². The summed E-state index contributed by atoms with van der Waals surface area (Å²) in [6, 6.07) is 5.65. The molecule has 0 radical (unpaired) electrons. The largest absolute Gasteiger partial charge is 0.494 e. The first-order valence-corrected chi connectivity index (χ1v) is 6.74. The van der Waals surface area contributed by atoms with Crippen molar-refractivity contribution in [3.05, 3.63) is 28.5 Å². The van der Waals surface area contributed by atoms with Crippen LogP contribution in [0.5, 0.6) is 5.75 Å². The van der Waals surface area contributed by atoms with Gasteiger partial charge in [-0.1, -0.05) is 6.07 Å². The second-order valence-corrected chi connectivity index (χ2v) is 5.19. The van der Waals surface area contributed by atoms with Crippen LogP contribution in [0.4, 0.5) is 0 Å². The number of nitrogens with zero attached hydrogens (tertiary/aromatic N) is 3. The lowest BCUT2D eigenvalue weighted by Crippen LogP contribution is -2.06. The van der Waals surface area contributed by atoms with Crippen LogP contribution in [0.3, 0.4) is 0 Å². The fourth-order valence-electron chi connectivity index (χ4n) is 2.37. The van der Waals surface area contributed by atoms with Crippen molar-refractivity contribution in [2.75, 3.05) is 7.11 Å². The third-order valence-corrected chi connectivity index (χ3v) is 4.12. The maximum Gasteiger partial charge on any atom is 0.309 e. The molecule has 1 N–H and O–H groups in total. The number of para-hydroxylation sites is 1. The lowest BCUT2D eigenvalue weighted by Gasteiger charge is -2.02. The van der Waals surface area contributed by atoms with Gasteiger partial charge in [-0.3, -0.25) is 9.20 Å². The Morgan fingerprint density at radius 3 is 2.90 bits per heavy atom. The predicted molar refractivity (Wildman–Crippen MR) is 77.3 cm³/mol. The molecule has 3 aromatic rings. The molecule has 0 fully saturated rings. The van der Waals surface area contributed by atoms with Crippen LogP contribution in [0.25, 0.3) is 16.8 Å². The van der Waals surface area contributed by atoms with E-state index in [0.29, 0.717) is 21.8 Å². The highest BCUT2D eigenvalue weighted by molar-refractivity contribution is 9.10. The number of rotatable bonds is 3. The number of methoxy groups -OCH3 is 1. The molecule has 2 heterocycles. The number of carboxylic acid groups (broad SMARTS) is 1. The predicted octanol–water partition coefficient (Wildman–Crippen LogP) is 2.22. The number of imidazole rings is 2. The van der Waals surface area contributed by atoms with E-state index in [1.807, 2.05) is 22.6 Å². The highest BCUT2D eigenvalue weighted by Gasteiger charge is 2.20. The summed E-state index contributed by atoms with van der Waals surface area (Å²) in [4.78, 5) is 15.5. The zero-order valence-corrected chi connectivity index (χ0v) is 12.5. The molecule has 0 atom stereocenters. The molecule has 6 nitrogen and oxygen atoms in total. The van der Waals surface area contributed by atoms with E-state index < -0.39 is 5.97 Å². The van der Waals surface area contributed by atoms with Gasteiger partial charge in [-0.2, -0.15) is 0 Å². The molecule has 0 amide bonds. The Bertz CT molecular complexity index is 834. The molecule has 0 spiro atoms. The fourth-order valence-corrected chi connectivity index (χ4v) is 3.12. The number of ether oxygens (including phenoxy) is 1. The van der Waals surface area contributed by atoms with E-state index in [1.165, 1.54) is 0 Å². The van der Waals surface area contributed by atoms with E-state index in [1.54, 1.807) is 18.7 Å². The van der Waals surface area contributed by atoms with Gasteiger partial charge in [-0.25, -0.2) is 4.98 Å². The Balaban J connectivity index is 2.38. The van der Waals surface area contributed by atoms with E-state index in [9.17, 15) is 4.79 Å². The summed E-state index contributed by atoms with van der Waals surface area (Å²) in [7, 11) is 3.40. The first kappa shape index (κ1) is 13.0.